The Morgan fingerprint density at radius 1 is 1.16 bits per heavy atom. The summed E-state index contributed by atoms with van der Waals surface area (Å²) in [5.74, 6) is -0.485. The van der Waals surface area contributed by atoms with Crippen molar-refractivity contribution < 1.29 is 35.9 Å². The van der Waals surface area contributed by atoms with Crippen molar-refractivity contribution in [3.8, 4) is 0 Å². The minimum atomic E-state index is -4.37. The molecule has 1 aliphatic rings. The molecule has 12 heteroatoms. The Morgan fingerprint density at radius 2 is 1.81 bits per heavy atom. The van der Waals surface area contributed by atoms with Gasteiger partial charge in [0.05, 0.1) is 19.8 Å². The molecule has 0 radical (unpaired) electrons. The lowest BCUT2D eigenvalue weighted by atomic mass is 10.1. The average molecular weight is 461 g/mol. The first-order valence-corrected chi connectivity index (χ1v) is 10.9. The maximum Gasteiger partial charge on any atom is 0.411 e. The van der Waals surface area contributed by atoms with Crippen LogP contribution in [0.15, 0.2) is 41.4 Å². The number of carbonyl (C=O) groups excluding carboxylic acids is 1. The number of benzene rings is 1. The molecule has 0 spiro atoms. The number of carbonyl (C=O) groups is 1. The fourth-order valence-electron chi connectivity index (χ4n) is 2.91. The van der Waals surface area contributed by atoms with Crippen molar-refractivity contribution in [3.63, 3.8) is 0 Å². The van der Waals surface area contributed by atoms with Gasteiger partial charge < -0.3 is 19.8 Å². The molecule has 0 unspecified atom stereocenters. The van der Waals surface area contributed by atoms with Gasteiger partial charge in [-0.2, -0.15) is 17.5 Å². The Hall–Kier alpha value is -2.41. The predicted octanol–water partition coefficient (Wildman–Crippen LogP) is 2.04. The molecule has 1 aliphatic heterocycles. The van der Waals surface area contributed by atoms with E-state index in [1.165, 1.54) is 16.6 Å². The second kappa shape index (κ2) is 9.81. The maximum atomic E-state index is 12.6. The van der Waals surface area contributed by atoms with E-state index in [0.29, 0.717) is 18.8 Å². The molecule has 1 fully saturated rings. The molecular weight excluding hydrogens is 439 g/mol. The second-order valence-electron chi connectivity index (χ2n) is 6.87. The number of alkyl halides is 3. The Labute approximate surface area is 177 Å². The van der Waals surface area contributed by atoms with Crippen molar-refractivity contribution in [2.24, 2.45) is 0 Å². The number of hydrogen-bond acceptors (Lipinski definition) is 5. The zero-order valence-electron chi connectivity index (χ0n) is 16.4. The number of sulfonamides is 1. The summed E-state index contributed by atoms with van der Waals surface area (Å²) in [6.45, 7) is -0.167. The molecule has 0 bridgehead atoms. The SMILES string of the molecule is O=C(NCc1ccc(COCC(F)(F)F)cc1)c1cc(S(=O)(=O)N2CCOCC2)c[nH]1. The van der Waals surface area contributed by atoms with Crippen LogP contribution in [0.25, 0.3) is 0 Å². The van der Waals surface area contributed by atoms with Gasteiger partial charge in [-0.15, -0.1) is 0 Å². The molecule has 1 aromatic heterocycles. The number of nitrogens with zero attached hydrogens (tertiary/aromatic N) is 1. The number of H-pyrrole nitrogens is 1. The van der Waals surface area contributed by atoms with Crippen LogP contribution in [-0.4, -0.2) is 62.7 Å². The number of rotatable bonds is 8. The zero-order chi connectivity index (χ0) is 22.5. The van der Waals surface area contributed by atoms with Crippen molar-refractivity contribution in [1.29, 1.82) is 0 Å². The van der Waals surface area contributed by atoms with Gasteiger partial charge in [-0.3, -0.25) is 4.79 Å². The van der Waals surface area contributed by atoms with Gasteiger partial charge >= 0.3 is 6.18 Å². The first-order chi connectivity index (χ1) is 14.6. The van der Waals surface area contributed by atoms with E-state index in [1.807, 2.05) is 0 Å². The zero-order valence-corrected chi connectivity index (χ0v) is 17.3. The summed E-state index contributed by atoms with van der Waals surface area (Å²) in [5, 5.41) is 2.66. The number of halogens is 3. The number of amides is 1. The standard InChI is InChI=1S/C19H22F3N3O5S/c20-19(21,22)13-30-12-15-3-1-14(2-4-15)10-24-18(26)17-9-16(11-23-17)31(27,28)25-5-7-29-8-6-25/h1-4,9,11,23H,5-8,10,12-13H2,(H,24,26). The molecule has 2 heterocycles. The third kappa shape index (κ3) is 6.53. The molecule has 1 amide bonds. The first-order valence-electron chi connectivity index (χ1n) is 9.42. The van der Waals surface area contributed by atoms with Crippen LogP contribution in [0.2, 0.25) is 0 Å². The lowest BCUT2D eigenvalue weighted by Gasteiger charge is -2.25. The molecule has 3 rings (SSSR count). The molecule has 31 heavy (non-hydrogen) atoms. The van der Waals surface area contributed by atoms with Gasteiger partial charge in [-0.1, -0.05) is 24.3 Å². The van der Waals surface area contributed by atoms with Crippen LogP contribution < -0.4 is 5.32 Å². The Balaban J connectivity index is 1.52. The quantitative estimate of drug-likeness (QED) is 0.627. The van der Waals surface area contributed by atoms with Gasteiger partial charge in [0.15, 0.2) is 0 Å². The minimum absolute atomic E-state index is 0.00256. The van der Waals surface area contributed by atoms with E-state index >= 15 is 0 Å². The molecule has 0 atom stereocenters. The topological polar surface area (TPSA) is 101 Å². The van der Waals surface area contributed by atoms with E-state index in [2.05, 4.69) is 15.0 Å². The highest BCUT2D eigenvalue weighted by molar-refractivity contribution is 7.89. The Morgan fingerprint density at radius 3 is 2.45 bits per heavy atom. The van der Waals surface area contributed by atoms with Crippen LogP contribution in [0.1, 0.15) is 21.6 Å². The highest BCUT2D eigenvalue weighted by atomic mass is 32.2. The first kappa shape index (κ1) is 23.3. The summed E-state index contributed by atoms with van der Waals surface area (Å²) in [5.41, 5.74) is 1.39. The van der Waals surface area contributed by atoms with E-state index in [0.717, 1.165) is 5.56 Å². The van der Waals surface area contributed by atoms with Crippen molar-refractivity contribution in [2.45, 2.75) is 24.2 Å². The molecule has 1 aromatic carbocycles. The van der Waals surface area contributed by atoms with Crippen molar-refractivity contribution in [3.05, 3.63) is 53.3 Å². The van der Waals surface area contributed by atoms with Gasteiger partial charge in [0.1, 0.15) is 17.2 Å². The summed E-state index contributed by atoms with van der Waals surface area (Å²) in [6.07, 6.45) is -3.10. The Kier molecular flexibility index (Phi) is 7.36. The van der Waals surface area contributed by atoms with E-state index in [4.69, 9.17) is 4.74 Å². The molecule has 2 N–H and O–H groups in total. The van der Waals surface area contributed by atoms with Crippen molar-refractivity contribution >= 4 is 15.9 Å². The third-order valence-electron chi connectivity index (χ3n) is 4.52. The van der Waals surface area contributed by atoms with E-state index in [-0.39, 0.29) is 36.8 Å². The molecule has 1 saturated heterocycles. The van der Waals surface area contributed by atoms with Crippen molar-refractivity contribution in [2.75, 3.05) is 32.9 Å². The smallest absolute Gasteiger partial charge is 0.379 e. The Bertz CT molecular complexity index is 984. The van der Waals surface area contributed by atoms with Gasteiger partial charge in [0.25, 0.3) is 5.91 Å². The lowest BCUT2D eigenvalue weighted by Crippen LogP contribution is -2.40. The van der Waals surface area contributed by atoms with Gasteiger partial charge in [0.2, 0.25) is 10.0 Å². The van der Waals surface area contributed by atoms with Crippen molar-refractivity contribution in [1.82, 2.24) is 14.6 Å². The predicted molar refractivity (Wildman–Crippen MR) is 104 cm³/mol. The summed E-state index contributed by atoms with van der Waals surface area (Å²) >= 11 is 0. The van der Waals surface area contributed by atoms with Crippen LogP contribution in [0, 0.1) is 0 Å². The van der Waals surface area contributed by atoms with Crippen LogP contribution in [-0.2, 0) is 32.6 Å². The number of aromatic nitrogens is 1. The summed E-state index contributed by atoms with van der Waals surface area (Å²) < 4.78 is 72.6. The number of hydrogen-bond donors (Lipinski definition) is 2. The fraction of sp³-hybridized carbons (Fsp3) is 0.421. The molecule has 2 aromatic rings. The van der Waals surface area contributed by atoms with Gasteiger partial charge in [-0.25, -0.2) is 8.42 Å². The average Bonchev–Trinajstić information content (AvgIpc) is 3.24. The third-order valence-corrected chi connectivity index (χ3v) is 6.40. The number of nitrogens with one attached hydrogen (secondary N) is 2. The van der Waals surface area contributed by atoms with Crippen LogP contribution in [0.5, 0.6) is 0 Å². The molecule has 8 nitrogen and oxygen atoms in total. The maximum absolute atomic E-state index is 12.6. The summed E-state index contributed by atoms with van der Waals surface area (Å²) in [7, 11) is -3.70. The molecule has 170 valence electrons. The van der Waals surface area contributed by atoms with Crippen LogP contribution in [0.3, 0.4) is 0 Å². The molecule has 0 saturated carbocycles. The molecule has 0 aliphatic carbocycles. The largest absolute Gasteiger partial charge is 0.411 e. The highest BCUT2D eigenvalue weighted by Gasteiger charge is 2.28. The van der Waals surface area contributed by atoms with Gasteiger partial charge in [0, 0.05) is 25.8 Å². The van der Waals surface area contributed by atoms with Crippen LogP contribution in [0.4, 0.5) is 13.2 Å². The van der Waals surface area contributed by atoms with E-state index in [9.17, 15) is 26.4 Å². The number of ether oxygens (including phenoxy) is 2. The lowest BCUT2D eigenvalue weighted by molar-refractivity contribution is -0.176. The van der Waals surface area contributed by atoms with E-state index < -0.39 is 28.7 Å². The summed E-state index contributed by atoms with van der Waals surface area (Å²) in [4.78, 5) is 15.0. The van der Waals surface area contributed by atoms with Gasteiger partial charge in [-0.05, 0) is 17.2 Å². The number of morpholine rings is 1. The van der Waals surface area contributed by atoms with E-state index in [1.54, 1.807) is 24.3 Å². The highest BCUT2D eigenvalue weighted by Crippen LogP contribution is 2.18. The number of aromatic amines is 1. The van der Waals surface area contributed by atoms with Crippen LogP contribution >= 0.6 is 0 Å². The summed E-state index contributed by atoms with van der Waals surface area (Å²) in [6, 6.07) is 7.82. The minimum Gasteiger partial charge on any atom is -0.379 e. The second-order valence-corrected chi connectivity index (χ2v) is 8.81. The normalized spacial score (nSPS) is 15.7. The molecular formula is C19H22F3N3O5S. The monoisotopic (exact) mass is 461 g/mol. The fourth-order valence-corrected chi connectivity index (χ4v) is 4.31.